The van der Waals surface area contributed by atoms with Crippen molar-refractivity contribution >= 4 is 37.8 Å². The first kappa shape index (κ1) is 27.8. The predicted molar refractivity (Wildman–Crippen MR) is 152 cm³/mol. The number of nitrogens with zero attached hydrogens (tertiary/aromatic N) is 4. The van der Waals surface area contributed by atoms with E-state index in [1.807, 2.05) is 36.4 Å². The molecule has 0 spiro atoms. The van der Waals surface area contributed by atoms with E-state index < -0.39 is 27.8 Å². The second-order valence-corrected chi connectivity index (χ2v) is 12.0. The number of halogens is 2. The van der Waals surface area contributed by atoms with Crippen molar-refractivity contribution in [3.63, 3.8) is 0 Å². The first-order chi connectivity index (χ1) is 19.3. The Balaban J connectivity index is 1.33. The number of carbonyl (C=O) groups is 1. The highest BCUT2D eigenvalue weighted by Gasteiger charge is 2.39. The monoisotopic (exact) mass is 624 g/mol. The summed E-state index contributed by atoms with van der Waals surface area (Å²) in [4.78, 5) is 26.5. The first-order valence-electron chi connectivity index (χ1n) is 12.6. The number of sulfonamides is 1. The number of aromatic nitrogens is 3. The number of pyridine rings is 1. The average molecular weight is 626 g/mol. The smallest absolute Gasteiger partial charge is 0.243 e. The van der Waals surface area contributed by atoms with Crippen LogP contribution in [0.2, 0.25) is 0 Å². The molecule has 5 rings (SSSR count). The normalized spacial score (nSPS) is 15.6. The summed E-state index contributed by atoms with van der Waals surface area (Å²) in [6, 6.07) is 17.0. The number of rotatable bonds is 9. The minimum Gasteiger partial charge on any atom is -0.350 e. The highest BCUT2D eigenvalue weighted by Crippen LogP contribution is 2.27. The van der Waals surface area contributed by atoms with E-state index in [9.17, 15) is 17.6 Å². The number of anilines is 1. The minimum absolute atomic E-state index is 0.0483. The maximum Gasteiger partial charge on any atom is 0.243 e. The van der Waals surface area contributed by atoms with Gasteiger partial charge in [-0.25, -0.2) is 22.8 Å². The molecule has 1 fully saturated rings. The van der Waals surface area contributed by atoms with Crippen LogP contribution in [-0.4, -0.2) is 46.2 Å². The van der Waals surface area contributed by atoms with Crippen molar-refractivity contribution in [3.8, 4) is 11.3 Å². The molecular formula is C28H26BrFN6O3S. The molecule has 206 valence electrons. The largest absolute Gasteiger partial charge is 0.350 e. The molecule has 1 amide bonds. The van der Waals surface area contributed by atoms with E-state index in [4.69, 9.17) is 0 Å². The number of amides is 1. The van der Waals surface area contributed by atoms with Gasteiger partial charge in [0.2, 0.25) is 21.9 Å². The molecule has 1 saturated heterocycles. The molecule has 2 aromatic heterocycles. The van der Waals surface area contributed by atoms with E-state index in [-0.39, 0.29) is 18.0 Å². The quantitative estimate of drug-likeness (QED) is 0.281. The molecule has 0 aliphatic carbocycles. The molecule has 2 N–H and O–H groups in total. The van der Waals surface area contributed by atoms with E-state index in [2.05, 4.69) is 41.5 Å². The zero-order chi connectivity index (χ0) is 28.1. The summed E-state index contributed by atoms with van der Waals surface area (Å²) < 4.78 is 41.8. The molecule has 0 saturated carbocycles. The summed E-state index contributed by atoms with van der Waals surface area (Å²) >= 11 is 3.45. The molecule has 9 nitrogen and oxygen atoms in total. The molecule has 12 heteroatoms. The molecule has 3 heterocycles. The number of nitrogens with one attached hydrogen (secondary N) is 2. The van der Waals surface area contributed by atoms with Crippen molar-refractivity contribution in [1.29, 1.82) is 0 Å². The lowest BCUT2D eigenvalue weighted by atomic mass is 10.1. The SMILES string of the molecule is O=C(NCc1cc(-c2ccc(Br)cc2)nc(NCc2cccnc2)n1)[C@@H]1CCCN1S(=O)(=O)c1ccc(F)cc1. The van der Waals surface area contributed by atoms with Crippen LogP contribution in [-0.2, 0) is 27.9 Å². The van der Waals surface area contributed by atoms with Crippen LogP contribution in [0, 0.1) is 5.82 Å². The van der Waals surface area contributed by atoms with Crippen LogP contribution in [0.3, 0.4) is 0 Å². The average Bonchev–Trinajstić information content (AvgIpc) is 3.47. The summed E-state index contributed by atoms with van der Waals surface area (Å²) in [7, 11) is -3.96. The van der Waals surface area contributed by atoms with Gasteiger partial charge < -0.3 is 10.6 Å². The lowest BCUT2D eigenvalue weighted by Gasteiger charge is -2.23. The van der Waals surface area contributed by atoms with Gasteiger partial charge in [0.1, 0.15) is 11.9 Å². The molecule has 1 aliphatic rings. The second kappa shape index (κ2) is 12.2. The van der Waals surface area contributed by atoms with E-state index in [1.165, 1.54) is 16.4 Å². The molecule has 40 heavy (non-hydrogen) atoms. The Hall–Kier alpha value is -3.74. The van der Waals surface area contributed by atoms with Crippen LogP contribution in [0.15, 0.2) is 88.5 Å². The van der Waals surface area contributed by atoms with Crippen molar-refractivity contribution in [1.82, 2.24) is 24.6 Å². The number of carbonyl (C=O) groups excluding carboxylic acids is 1. The fraction of sp³-hybridized carbons (Fsp3) is 0.214. The van der Waals surface area contributed by atoms with Gasteiger partial charge in [-0.3, -0.25) is 9.78 Å². The van der Waals surface area contributed by atoms with E-state index >= 15 is 0 Å². The number of hydrogen-bond donors (Lipinski definition) is 2. The summed E-state index contributed by atoms with van der Waals surface area (Å²) in [5.41, 5.74) is 3.05. The van der Waals surface area contributed by atoms with Gasteiger partial charge >= 0.3 is 0 Å². The van der Waals surface area contributed by atoms with Gasteiger partial charge in [0.15, 0.2) is 0 Å². The van der Waals surface area contributed by atoms with Crippen molar-refractivity contribution in [2.75, 3.05) is 11.9 Å². The lowest BCUT2D eigenvalue weighted by molar-refractivity contribution is -0.124. The molecule has 2 aromatic carbocycles. The third-order valence-electron chi connectivity index (χ3n) is 6.46. The minimum atomic E-state index is -3.96. The van der Waals surface area contributed by atoms with Gasteiger partial charge in [-0.2, -0.15) is 4.31 Å². The standard InChI is InChI=1S/C28H26BrFN6O3S/c29-21-7-5-20(6-8-21)25-15-23(34-28(35-25)33-17-19-3-1-13-31-16-19)18-32-27(37)26-4-2-14-36(26)40(38,39)24-11-9-22(30)10-12-24/h1,3,5-13,15-16,26H,2,4,14,17-18H2,(H,32,37)(H,33,34,35)/t26-/m0/s1. The fourth-order valence-corrected chi connectivity index (χ4v) is 6.37. The topological polar surface area (TPSA) is 117 Å². The van der Waals surface area contributed by atoms with Crippen LogP contribution >= 0.6 is 15.9 Å². The van der Waals surface area contributed by atoms with Crippen molar-refractivity contribution < 1.29 is 17.6 Å². The van der Waals surface area contributed by atoms with Gasteiger partial charge in [-0.15, -0.1) is 0 Å². The summed E-state index contributed by atoms with van der Waals surface area (Å²) in [6.07, 6.45) is 4.38. The van der Waals surface area contributed by atoms with Crippen LogP contribution in [0.5, 0.6) is 0 Å². The Labute approximate surface area is 240 Å². The van der Waals surface area contributed by atoms with Gasteiger partial charge in [0, 0.05) is 35.5 Å². The van der Waals surface area contributed by atoms with Crippen LogP contribution in [0.4, 0.5) is 10.3 Å². The molecule has 4 aromatic rings. The van der Waals surface area contributed by atoms with Gasteiger partial charge in [0.05, 0.1) is 22.8 Å². The zero-order valence-corrected chi connectivity index (χ0v) is 23.7. The van der Waals surface area contributed by atoms with E-state index in [1.54, 1.807) is 18.5 Å². The van der Waals surface area contributed by atoms with E-state index in [0.717, 1.165) is 27.7 Å². The van der Waals surface area contributed by atoms with Crippen LogP contribution < -0.4 is 10.6 Å². The summed E-state index contributed by atoms with van der Waals surface area (Å²) in [5, 5.41) is 6.07. The molecule has 0 bridgehead atoms. The molecule has 1 aliphatic heterocycles. The predicted octanol–water partition coefficient (Wildman–Crippen LogP) is 4.52. The summed E-state index contributed by atoms with van der Waals surface area (Å²) in [5.74, 6) is -0.567. The maximum absolute atomic E-state index is 13.3. The highest BCUT2D eigenvalue weighted by atomic mass is 79.9. The van der Waals surface area contributed by atoms with Crippen molar-refractivity contribution in [2.45, 2.75) is 36.9 Å². The van der Waals surface area contributed by atoms with Gasteiger partial charge in [-0.05, 0) is 66.9 Å². The van der Waals surface area contributed by atoms with Crippen molar-refractivity contribution in [3.05, 3.63) is 101 Å². The van der Waals surface area contributed by atoms with Crippen molar-refractivity contribution in [2.24, 2.45) is 0 Å². The third-order valence-corrected chi connectivity index (χ3v) is 8.91. The lowest BCUT2D eigenvalue weighted by Crippen LogP contribution is -2.45. The highest BCUT2D eigenvalue weighted by molar-refractivity contribution is 9.10. The van der Waals surface area contributed by atoms with Crippen LogP contribution in [0.1, 0.15) is 24.1 Å². The molecular weight excluding hydrogens is 599 g/mol. The molecule has 0 unspecified atom stereocenters. The second-order valence-electron chi connectivity index (χ2n) is 9.24. The summed E-state index contributed by atoms with van der Waals surface area (Å²) in [6.45, 7) is 0.747. The van der Waals surface area contributed by atoms with E-state index in [0.29, 0.717) is 36.7 Å². The van der Waals surface area contributed by atoms with Crippen LogP contribution in [0.25, 0.3) is 11.3 Å². The number of benzene rings is 2. The maximum atomic E-state index is 13.3. The third kappa shape index (κ3) is 6.52. The van der Waals surface area contributed by atoms with Gasteiger partial charge in [-0.1, -0.05) is 34.1 Å². The zero-order valence-electron chi connectivity index (χ0n) is 21.3. The number of hydrogen-bond acceptors (Lipinski definition) is 7. The Morgan fingerprint density at radius 1 is 1.05 bits per heavy atom. The Morgan fingerprint density at radius 3 is 2.55 bits per heavy atom. The Morgan fingerprint density at radius 2 is 1.82 bits per heavy atom. The Bertz CT molecular complexity index is 1590. The molecule has 0 radical (unpaired) electrons. The Kier molecular flexibility index (Phi) is 8.48. The fourth-order valence-electron chi connectivity index (χ4n) is 4.45. The molecule has 1 atom stereocenters. The first-order valence-corrected chi connectivity index (χ1v) is 14.8. The van der Waals surface area contributed by atoms with Gasteiger partial charge in [0.25, 0.3) is 0 Å².